The Morgan fingerprint density at radius 2 is 1.96 bits per heavy atom. The van der Waals surface area contributed by atoms with Gasteiger partial charge in [0.05, 0.1) is 0 Å². The highest BCUT2D eigenvalue weighted by Crippen LogP contribution is 2.11. The molecule has 1 fully saturated rings. The van der Waals surface area contributed by atoms with Crippen molar-refractivity contribution in [2.24, 2.45) is 0 Å². The molecule has 5 heteroatoms. The molecule has 1 atom stereocenters. The molecule has 0 spiro atoms. The van der Waals surface area contributed by atoms with E-state index in [4.69, 9.17) is 0 Å². The van der Waals surface area contributed by atoms with Crippen LogP contribution in [0, 0.1) is 11.8 Å². The van der Waals surface area contributed by atoms with Crippen LogP contribution in [0.25, 0.3) is 0 Å². The fraction of sp³-hybridized carbons (Fsp3) is 0.444. The smallest absolute Gasteiger partial charge is 0.296 e. The van der Waals surface area contributed by atoms with Gasteiger partial charge in [0.15, 0.2) is 0 Å². The predicted octanol–water partition coefficient (Wildman–Crippen LogP) is 1.90. The topological polar surface area (TPSA) is 49.4 Å². The summed E-state index contributed by atoms with van der Waals surface area (Å²) in [5, 5.41) is 2.78. The highest BCUT2D eigenvalue weighted by Gasteiger charge is 2.26. The van der Waals surface area contributed by atoms with Crippen LogP contribution in [0.3, 0.4) is 0 Å². The van der Waals surface area contributed by atoms with Crippen molar-refractivity contribution >= 4 is 23.6 Å². The fourth-order valence-corrected chi connectivity index (χ4v) is 2.97. The summed E-state index contributed by atoms with van der Waals surface area (Å²) in [5.74, 6) is 5.85. The second-order valence-corrected chi connectivity index (χ2v) is 6.44. The maximum atomic E-state index is 12.5. The second-order valence-electron chi connectivity index (χ2n) is 5.46. The normalized spacial score (nSPS) is 14.7. The van der Waals surface area contributed by atoms with Crippen LogP contribution in [0.2, 0.25) is 0 Å². The third-order valence-electron chi connectivity index (χ3n) is 3.73. The number of hydrogen-bond acceptors (Lipinski definition) is 3. The zero-order chi connectivity index (χ0) is 16.5. The Kier molecular flexibility index (Phi) is 7.02. The minimum absolute atomic E-state index is 0.0198. The van der Waals surface area contributed by atoms with Gasteiger partial charge in [-0.15, -0.1) is 0 Å². The SMILES string of the molecule is CSCC[C@H](NC(=O)C#Cc1ccccc1)C(=O)N1CCCC1. The summed E-state index contributed by atoms with van der Waals surface area (Å²) in [6.45, 7) is 1.58. The summed E-state index contributed by atoms with van der Waals surface area (Å²) >= 11 is 1.67. The second kappa shape index (κ2) is 9.26. The largest absolute Gasteiger partial charge is 0.341 e. The number of likely N-dealkylation sites (tertiary alicyclic amines) is 1. The molecule has 4 nitrogen and oxygen atoms in total. The van der Waals surface area contributed by atoms with Crippen LogP contribution in [0.1, 0.15) is 24.8 Å². The number of benzene rings is 1. The van der Waals surface area contributed by atoms with Crippen molar-refractivity contribution in [3.63, 3.8) is 0 Å². The zero-order valence-corrected chi connectivity index (χ0v) is 14.2. The van der Waals surface area contributed by atoms with Gasteiger partial charge in [-0.1, -0.05) is 24.1 Å². The van der Waals surface area contributed by atoms with E-state index in [1.807, 2.05) is 41.5 Å². The summed E-state index contributed by atoms with van der Waals surface area (Å²) in [6.07, 6.45) is 4.72. The first-order valence-corrected chi connectivity index (χ1v) is 9.25. The van der Waals surface area contributed by atoms with Crippen molar-refractivity contribution < 1.29 is 9.59 Å². The number of thioether (sulfide) groups is 1. The van der Waals surface area contributed by atoms with Gasteiger partial charge in [-0.25, -0.2) is 0 Å². The first kappa shape index (κ1) is 17.4. The number of carbonyl (C=O) groups is 2. The lowest BCUT2D eigenvalue weighted by molar-refractivity contribution is -0.134. The molecule has 1 aromatic carbocycles. The Labute approximate surface area is 142 Å². The van der Waals surface area contributed by atoms with E-state index < -0.39 is 11.9 Å². The molecule has 0 bridgehead atoms. The number of amides is 2. The minimum Gasteiger partial charge on any atom is -0.341 e. The Morgan fingerprint density at radius 1 is 1.26 bits per heavy atom. The van der Waals surface area contributed by atoms with Gasteiger partial charge in [0.2, 0.25) is 5.91 Å². The quantitative estimate of drug-likeness (QED) is 0.839. The number of carbonyl (C=O) groups excluding carboxylic acids is 2. The van der Waals surface area contributed by atoms with E-state index in [1.54, 1.807) is 11.8 Å². The third kappa shape index (κ3) is 5.65. The summed E-state index contributed by atoms with van der Waals surface area (Å²) in [5.41, 5.74) is 0.786. The van der Waals surface area contributed by atoms with Crippen molar-refractivity contribution in [2.75, 3.05) is 25.1 Å². The molecular weight excluding hydrogens is 308 g/mol. The number of hydrogen-bond donors (Lipinski definition) is 1. The molecule has 1 heterocycles. The molecule has 0 aromatic heterocycles. The Balaban J connectivity index is 1.97. The molecule has 122 valence electrons. The summed E-state index contributed by atoms with van der Waals surface area (Å²) < 4.78 is 0. The maximum Gasteiger partial charge on any atom is 0.296 e. The lowest BCUT2D eigenvalue weighted by Crippen LogP contribution is -2.47. The maximum absolute atomic E-state index is 12.5. The van der Waals surface area contributed by atoms with Gasteiger partial charge in [0.1, 0.15) is 6.04 Å². The van der Waals surface area contributed by atoms with E-state index >= 15 is 0 Å². The van der Waals surface area contributed by atoms with Gasteiger partial charge >= 0.3 is 0 Å². The van der Waals surface area contributed by atoms with Crippen molar-refractivity contribution in [2.45, 2.75) is 25.3 Å². The number of rotatable bonds is 5. The van der Waals surface area contributed by atoms with Crippen molar-refractivity contribution in [1.29, 1.82) is 0 Å². The van der Waals surface area contributed by atoms with Crippen molar-refractivity contribution in [1.82, 2.24) is 10.2 Å². The van der Waals surface area contributed by atoms with Crippen LogP contribution in [0.15, 0.2) is 30.3 Å². The van der Waals surface area contributed by atoms with Gasteiger partial charge in [-0.05, 0) is 43.4 Å². The lowest BCUT2D eigenvalue weighted by Gasteiger charge is -2.23. The van der Waals surface area contributed by atoms with Crippen molar-refractivity contribution in [3.05, 3.63) is 35.9 Å². The van der Waals surface area contributed by atoms with Gasteiger partial charge in [0.25, 0.3) is 5.91 Å². The van der Waals surface area contributed by atoms with E-state index in [1.165, 1.54) is 0 Å². The van der Waals surface area contributed by atoms with Crippen LogP contribution in [-0.4, -0.2) is 47.9 Å². The molecule has 23 heavy (non-hydrogen) atoms. The van der Waals surface area contributed by atoms with Crippen LogP contribution < -0.4 is 5.32 Å². The van der Waals surface area contributed by atoms with Crippen molar-refractivity contribution in [3.8, 4) is 11.8 Å². The first-order chi connectivity index (χ1) is 11.2. The Bertz CT molecular complexity index is 586. The van der Waals surface area contributed by atoms with Gasteiger partial charge < -0.3 is 10.2 Å². The molecule has 1 N–H and O–H groups in total. The first-order valence-electron chi connectivity index (χ1n) is 7.86. The molecule has 1 aliphatic rings. The molecule has 1 saturated heterocycles. The van der Waals surface area contributed by atoms with E-state index in [-0.39, 0.29) is 5.91 Å². The Morgan fingerprint density at radius 3 is 2.61 bits per heavy atom. The van der Waals surface area contributed by atoms with Gasteiger partial charge in [-0.2, -0.15) is 11.8 Å². The lowest BCUT2D eigenvalue weighted by atomic mass is 10.2. The van der Waals surface area contributed by atoms with E-state index in [0.29, 0.717) is 6.42 Å². The Hall–Kier alpha value is -1.93. The highest BCUT2D eigenvalue weighted by molar-refractivity contribution is 7.98. The fourth-order valence-electron chi connectivity index (χ4n) is 2.50. The number of nitrogens with one attached hydrogen (secondary N) is 1. The monoisotopic (exact) mass is 330 g/mol. The van der Waals surface area contributed by atoms with Crippen LogP contribution >= 0.6 is 11.8 Å². The van der Waals surface area contributed by atoms with Crippen LogP contribution in [0.4, 0.5) is 0 Å². The standard InChI is InChI=1S/C18H22N2O2S/c1-23-14-11-16(18(22)20-12-5-6-13-20)19-17(21)10-9-15-7-3-2-4-8-15/h2-4,7-8,16H,5-6,11-14H2,1H3,(H,19,21)/t16-/m0/s1. The average molecular weight is 330 g/mol. The minimum atomic E-state index is -0.474. The number of nitrogens with zero attached hydrogens (tertiary/aromatic N) is 1. The predicted molar refractivity (Wildman–Crippen MR) is 94.1 cm³/mol. The highest BCUT2D eigenvalue weighted by atomic mass is 32.2. The van der Waals surface area contributed by atoms with Crippen LogP contribution in [-0.2, 0) is 9.59 Å². The van der Waals surface area contributed by atoms with E-state index in [0.717, 1.165) is 37.2 Å². The molecule has 0 saturated carbocycles. The molecule has 1 aliphatic heterocycles. The zero-order valence-electron chi connectivity index (χ0n) is 13.4. The summed E-state index contributed by atoms with van der Waals surface area (Å²) in [7, 11) is 0. The molecule has 2 rings (SSSR count). The van der Waals surface area contributed by atoms with Gasteiger partial charge in [0, 0.05) is 24.6 Å². The van der Waals surface area contributed by atoms with Crippen LogP contribution in [0.5, 0.6) is 0 Å². The summed E-state index contributed by atoms with van der Waals surface area (Å²) in [4.78, 5) is 26.4. The molecule has 0 radical (unpaired) electrons. The molecule has 0 unspecified atom stereocenters. The summed E-state index contributed by atoms with van der Waals surface area (Å²) in [6, 6.07) is 8.87. The molecule has 0 aliphatic carbocycles. The van der Waals surface area contributed by atoms with E-state index in [9.17, 15) is 9.59 Å². The van der Waals surface area contributed by atoms with E-state index in [2.05, 4.69) is 17.2 Å². The molecule has 2 amide bonds. The average Bonchev–Trinajstić information content (AvgIpc) is 3.11. The molecular formula is C18H22N2O2S. The molecule has 1 aromatic rings. The third-order valence-corrected chi connectivity index (χ3v) is 4.37. The van der Waals surface area contributed by atoms with Gasteiger partial charge in [-0.3, -0.25) is 9.59 Å².